The summed E-state index contributed by atoms with van der Waals surface area (Å²) in [5.74, 6) is -5.72. The van der Waals surface area contributed by atoms with Crippen LogP contribution in [0.4, 0.5) is 4.39 Å². The number of nitrogens with one attached hydrogen (secondary N) is 7. The number of carbonyl (C=O) groups is 8. The average molecular weight is 1110 g/mol. The average Bonchev–Trinajstić information content (AvgIpc) is 4.24. The minimum Gasteiger partial charge on any atom is -0.458 e. The van der Waals surface area contributed by atoms with E-state index in [0.717, 1.165) is 5.56 Å². The fourth-order valence-corrected chi connectivity index (χ4v) is 10.2. The Balaban J connectivity index is 0.831. The minimum absolute atomic E-state index is 0.0175. The molecule has 1 aliphatic carbocycles. The maximum absolute atomic E-state index is 15.4. The van der Waals surface area contributed by atoms with Crippen LogP contribution in [-0.2, 0) is 88.9 Å². The summed E-state index contributed by atoms with van der Waals surface area (Å²) in [6.45, 7) is 4.26. The van der Waals surface area contributed by atoms with Gasteiger partial charge in [-0.3, -0.25) is 38.4 Å². The number of carbonyl (C=O) groups excluding carboxylic acids is 8. The van der Waals surface area contributed by atoms with Crippen LogP contribution in [0.15, 0.2) is 59.4 Å². The summed E-state index contributed by atoms with van der Waals surface area (Å²) in [7, 11) is 1.56. The number of benzene rings is 2. The van der Waals surface area contributed by atoms with Crippen LogP contribution in [0.1, 0.15) is 71.7 Å². The van der Waals surface area contributed by atoms with Crippen molar-refractivity contribution in [3.63, 3.8) is 0 Å². The number of nitrogens with zero attached hydrogens (tertiary/aromatic N) is 3. The van der Waals surface area contributed by atoms with E-state index in [1.54, 1.807) is 63.4 Å². The topological polar surface area (TPSA) is 316 Å². The number of ether oxygens (including phenoxy) is 4. The Hall–Kier alpha value is -7.97. The maximum Gasteiger partial charge on any atom is 0.343 e. The number of aliphatic hydroxyl groups is 1. The molecule has 25 heteroatoms. The zero-order chi connectivity index (χ0) is 57.3. The number of rotatable bonds is 26. The van der Waals surface area contributed by atoms with Crippen LogP contribution in [0.5, 0.6) is 0 Å². The lowest BCUT2D eigenvalue weighted by Gasteiger charge is -2.31. The van der Waals surface area contributed by atoms with E-state index in [1.165, 1.54) is 28.5 Å². The minimum atomic E-state index is -2.06. The molecular weight excluding hydrogens is 1040 g/mol. The van der Waals surface area contributed by atoms with Gasteiger partial charge in [0.15, 0.2) is 5.60 Å². The fourth-order valence-electron chi connectivity index (χ4n) is 10.2. The Morgan fingerprint density at radius 1 is 0.912 bits per heavy atom. The van der Waals surface area contributed by atoms with Crippen molar-refractivity contribution in [3.05, 3.63) is 110 Å². The Morgan fingerprint density at radius 3 is 2.38 bits per heavy atom. The molecule has 5 heterocycles. The zero-order valence-corrected chi connectivity index (χ0v) is 44.8. The molecule has 3 aliphatic heterocycles. The van der Waals surface area contributed by atoms with Crippen molar-refractivity contribution < 1.29 is 66.8 Å². The highest BCUT2D eigenvalue weighted by Gasteiger charge is 2.46. The number of methoxy groups -OCH3 is 1. The Kier molecular flexibility index (Phi) is 18.8. The van der Waals surface area contributed by atoms with Gasteiger partial charge in [0.25, 0.3) is 5.56 Å². The quantitative estimate of drug-likeness (QED) is 0.0191. The second kappa shape index (κ2) is 25.9. The van der Waals surface area contributed by atoms with Crippen LogP contribution in [0.25, 0.3) is 22.3 Å². The van der Waals surface area contributed by atoms with Crippen LogP contribution in [-0.4, -0.2) is 158 Å². The molecule has 24 nitrogen and oxygen atoms in total. The molecule has 0 saturated heterocycles. The van der Waals surface area contributed by atoms with E-state index in [1.807, 2.05) is 0 Å². The third-order valence-electron chi connectivity index (χ3n) is 14.6. The molecule has 0 saturated carbocycles. The van der Waals surface area contributed by atoms with Crippen molar-refractivity contribution in [2.24, 2.45) is 0 Å². The van der Waals surface area contributed by atoms with Gasteiger partial charge in [-0.15, -0.1) is 0 Å². The van der Waals surface area contributed by atoms with Crippen LogP contribution >= 0.6 is 0 Å². The van der Waals surface area contributed by atoms with E-state index in [2.05, 4.69) is 37.2 Å². The van der Waals surface area contributed by atoms with Crippen LogP contribution in [0.2, 0.25) is 0 Å². The Morgan fingerprint density at radius 2 is 1.65 bits per heavy atom. The first-order chi connectivity index (χ1) is 38.4. The molecule has 7 amide bonds. The summed E-state index contributed by atoms with van der Waals surface area (Å²) in [6, 6.07) is 8.84. The molecule has 0 spiro atoms. The Labute approximate surface area is 458 Å². The number of aryl methyl sites for hydroxylation is 1. The number of cyclic esters (lactones) is 1. The standard InChI is InChI=1S/C55H65FN10O14/c1-5-55(76)36-21-41-49-34(27-66(41)53(74)35(36)28-79-54(55)75)48-38(14-13-33-30(2)37(56)22-39(63-49)47(33)48)64-50(71)31(3)80-29-61-44(68)25-59-51(72)40(20-32-10-7-6-8-11-32)62-45(69)26-58-43(67)24-60-52(73)42(65-16-9-12-46(65)70)23-57-15-17-78-19-18-77-4/h6-12,21-22,31,38,40,42,57,76H,5,13-20,23-29H2,1-4H3,(H,58,67)(H,59,72)(H,60,73)(H,61,68)(H,62,69)(H,64,71)/t31-,38+,40+,42?,55+/m1/s1. The molecule has 1 unspecified atom stereocenters. The number of amides is 7. The molecule has 4 aromatic rings. The number of aromatic nitrogens is 2. The molecule has 8 N–H and O–H groups in total. The van der Waals surface area contributed by atoms with Gasteiger partial charge in [0, 0.05) is 61.8 Å². The number of esters is 1. The van der Waals surface area contributed by atoms with E-state index < -0.39 is 109 Å². The summed E-state index contributed by atoms with van der Waals surface area (Å²) < 4.78 is 38.2. The zero-order valence-electron chi connectivity index (χ0n) is 44.8. The third-order valence-corrected chi connectivity index (χ3v) is 14.6. The van der Waals surface area contributed by atoms with Gasteiger partial charge >= 0.3 is 5.97 Å². The maximum atomic E-state index is 15.4. The molecule has 0 radical (unpaired) electrons. The molecule has 5 atom stereocenters. The summed E-state index contributed by atoms with van der Waals surface area (Å²) in [5, 5.41) is 30.7. The number of halogens is 1. The van der Waals surface area contributed by atoms with Gasteiger partial charge in [-0.25, -0.2) is 14.2 Å². The second-order valence-electron chi connectivity index (χ2n) is 19.7. The highest BCUT2D eigenvalue weighted by Crippen LogP contribution is 2.46. The lowest BCUT2D eigenvalue weighted by Crippen LogP contribution is -2.55. The summed E-state index contributed by atoms with van der Waals surface area (Å²) in [4.78, 5) is 125. The second-order valence-corrected chi connectivity index (χ2v) is 19.7. The SMILES string of the molecule is CC[C@@]1(O)C(=O)OCc2c1cc1n(c2=O)Cc2c-1nc1cc(F)c(C)c3c1c2[C@@H](NC(=O)[C@@H](C)OCNC(=O)CNC(=O)[C@H](Cc1ccccc1)NC(=O)CNC(=O)CNC(=O)C(CNCCOCCOC)N1CC=CC1=O)CC3. The van der Waals surface area contributed by atoms with Gasteiger partial charge in [-0.2, -0.15) is 0 Å². The largest absolute Gasteiger partial charge is 0.458 e. The lowest BCUT2D eigenvalue weighted by molar-refractivity contribution is -0.172. The predicted octanol–water partition coefficient (Wildman–Crippen LogP) is -0.795. The monoisotopic (exact) mass is 1110 g/mol. The van der Waals surface area contributed by atoms with Crippen molar-refractivity contribution in [2.45, 2.75) is 89.4 Å². The van der Waals surface area contributed by atoms with Crippen molar-refractivity contribution in [1.29, 1.82) is 0 Å². The van der Waals surface area contributed by atoms with Crippen LogP contribution < -0.4 is 42.8 Å². The smallest absolute Gasteiger partial charge is 0.343 e. The molecule has 4 aliphatic rings. The van der Waals surface area contributed by atoms with Gasteiger partial charge in [0.2, 0.25) is 41.4 Å². The van der Waals surface area contributed by atoms with Crippen molar-refractivity contribution in [1.82, 2.24) is 51.7 Å². The van der Waals surface area contributed by atoms with E-state index in [-0.39, 0.29) is 56.1 Å². The molecule has 0 bridgehead atoms. The molecular formula is C55H65FN10O14. The van der Waals surface area contributed by atoms with Crippen molar-refractivity contribution in [2.75, 3.05) is 72.9 Å². The number of hydrogen-bond acceptors (Lipinski definition) is 16. The number of pyridine rings is 2. The van der Waals surface area contributed by atoms with Gasteiger partial charge in [0.05, 0.1) is 74.5 Å². The Bertz CT molecular complexity index is 3170. The van der Waals surface area contributed by atoms with Crippen LogP contribution in [0, 0.1) is 12.7 Å². The van der Waals surface area contributed by atoms with E-state index in [0.29, 0.717) is 83.8 Å². The van der Waals surface area contributed by atoms with E-state index in [9.17, 15) is 48.3 Å². The third kappa shape index (κ3) is 12.9. The fraction of sp³-hybridized carbons (Fsp3) is 0.455. The highest BCUT2D eigenvalue weighted by molar-refractivity contribution is 5.97. The van der Waals surface area contributed by atoms with Crippen LogP contribution in [0.3, 0.4) is 0 Å². The molecule has 2 aromatic carbocycles. The molecule has 80 heavy (non-hydrogen) atoms. The van der Waals surface area contributed by atoms with Crippen molar-refractivity contribution in [3.8, 4) is 11.4 Å². The predicted molar refractivity (Wildman–Crippen MR) is 283 cm³/mol. The lowest BCUT2D eigenvalue weighted by atomic mass is 9.81. The summed E-state index contributed by atoms with van der Waals surface area (Å²) >= 11 is 0. The highest BCUT2D eigenvalue weighted by atomic mass is 19.1. The first-order valence-corrected chi connectivity index (χ1v) is 26.3. The summed E-state index contributed by atoms with van der Waals surface area (Å²) in [5.41, 5.74) is 1.79. The normalized spacial score (nSPS) is 17.8. The van der Waals surface area contributed by atoms with Crippen molar-refractivity contribution >= 4 is 58.2 Å². The first-order valence-electron chi connectivity index (χ1n) is 26.3. The van der Waals surface area contributed by atoms with Gasteiger partial charge in [0.1, 0.15) is 37.3 Å². The van der Waals surface area contributed by atoms with E-state index in [4.69, 9.17) is 23.9 Å². The molecule has 426 valence electrons. The number of fused-ring (bicyclic) bond motifs is 5. The van der Waals surface area contributed by atoms with Gasteiger partial charge in [-0.1, -0.05) is 43.3 Å². The van der Waals surface area contributed by atoms with E-state index >= 15 is 4.39 Å². The number of hydrogen-bond donors (Lipinski definition) is 8. The first kappa shape index (κ1) is 58.2. The molecule has 0 fully saturated rings. The summed E-state index contributed by atoms with van der Waals surface area (Å²) in [6.07, 6.45) is 2.57. The van der Waals surface area contributed by atoms with Gasteiger partial charge in [-0.05, 0) is 61.4 Å². The van der Waals surface area contributed by atoms with Gasteiger partial charge < -0.3 is 70.7 Å². The molecule has 2 aromatic heterocycles. The molecule has 8 rings (SSSR count).